The molecule has 0 aromatic carbocycles. The molecule has 0 radical (unpaired) electrons. The van der Waals surface area contributed by atoms with Gasteiger partial charge in [0.05, 0.1) is 10.3 Å². The molecule has 0 aliphatic rings. The summed E-state index contributed by atoms with van der Waals surface area (Å²) < 4.78 is 1.08. The molecule has 16 heavy (non-hydrogen) atoms. The van der Waals surface area contributed by atoms with E-state index in [1.807, 2.05) is 17.0 Å². The van der Waals surface area contributed by atoms with Gasteiger partial charge in [-0.2, -0.15) is 0 Å². The number of hydrogen-bond acceptors (Lipinski definition) is 3. The van der Waals surface area contributed by atoms with E-state index in [0.29, 0.717) is 0 Å². The molecule has 0 aliphatic heterocycles. The zero-order valence-electron chi connectivity index (χ0n) is 9.44. The van der Waals surface area contributed by atoms with Crippen LogP contribution in [-0.2, 0) is 4.79 Å². The molecule has 0 bridgehead atoms. The van der Waals surface area contributed by atoms with Gasteiger partial charge in [0.25, 0.3) is 0 Å². The second-order valence-electron chi connectivity index (χ2n) is 3.68. The minimum atomic E-state index is -0.768. The smallest absolute Gasteiger partial charge is 0.317 e. The van der Waals surface area contributed by atoms with E-state index in [9.17, 15) is 4.79 Å². The minimum Gasteiger partial charge on any atom is -0.480 e. The van der Waals surface area contributed by atoms with Gasteiger partial charge in [-0.3, -0.25) is 9.69 Å². The lowest BCUT2D eigenvalue weighted by molar-refractivity contribution is -0.138. The van der Waals surface area contributed by atoms with Crippen LogP contribution in [0.3, 0.4) is 0 Å². The first-order valence-corrected chi connectivity index (χ1v) is 6.86. The summed E-state index contributed by atoms with van der Waals surface area (Å²) in [6.45, 7) is 5.02. The summed E-state index contributed by atoms with van der Waals surface area (Å²) >= 11 is 5.08. The summed E-state index contributed by atoms with van der Waals surface area (Å²) in [5.74, 6) is -0.768. The van der Waals surface area contributed by atoms with E-state index in [1.165, 1.54) is 4.88 Å². The summed E-state index contributed by atoms with van der Waals surface area (Å²) in [5.41, 5.74) is 0. The molecular formula is C11H16BrNO2S. The fourth-order valence-electron chi connectivity index (χ4n) is 1.60. The van der Waals surface area contributed by atoms with E-state index in [-0.39, 0.29) is 12.6 Å². The summed E-state index contributed by atoms with van der Waals surface area (Å²) in [4.78, 5) is 14.0. The van der Waals surface area contributed by atoms with Gasteiger partial charge in [-0.25, -0.2) is 0 Å². The first-order chi connectivity index (χ1) is 7.54. The number of carboxylic acids is 1. The Balaban J connectivity index is 2.73. The van der Waals surface area contributed by atoms with Crippen LogP contribution in [0.4, 0.5) is 0 Å². The number of nitrogens with zero attached hydrogens (tertiary/aromatic N) is 1. The van der Waals surface area contributed by atoms with Crippen LogP contribution in [0.5, 0.6) is 0 Å². The lowest BCUT2D eigenvalue weighted by atomic mass is 10.2. The fraction of sp³-hybridized carbons (Fsp3) is 0.545. The van der Waals surface area contributed by atoms with Gasteiger partial charge in [0.2, 0.25) is 0 Å². The van der Waals surface area contributed by atoms with Crippen molar-refractivity contribution in [1.29, 1.82) is 0 Å². The zero-order valence-corrected chi connectivity index (χ0v) is 11.8. The van der Waals surface area contributed by atoms with Crippen molar-refractivity contribution in [2.75, 3.05) is 13.1 Å². The molecule has 1 unspecified atom stereocenters. The third-order valence-corrected chi connectivity index (χ3v) is 4.20. The van der Waals surface area contributed by atoms with Gasteiger partial charge in [0, 0.05) is 10.9 Å². The standard InChI is InChI=1S/C11H16BrNO2S/c1-3-6-13(7-11(14)15)8(2)9-4-5-10(12)16-9/h4-5,8H,3,6-7H2,1-2H3,(H,14,15). The second-order valence-corrected chi connectivity index (χ2v) is 6.18. The summed E-state index contributed by atoms with van der Waals surface area (Å²) in [6.07, 6.45) is 0.962. The normalized spacial score (nSPS) is 13.0. The Morgan fingerprint density at radius 3 is 2.75 bits per heavy atom. The maximum atomic E-state index is 10.8. The number of thiophene rings is 1. The van der Waals surface area contributed by atoms with E-state index in [1.54, 1.807) is 11.3 Å². The molecule has 0 spiro atoms. The highest BCUT2D eigenvalue weighted by atomic mass is 79.9. The molecule has 1 heterocycles. The van der Waals surface area contributed by atoms with Crippen molar-refractivity contribution in [2.24, 2.45) is 0 Å². The summed E-state index contributed by atoms with van der Waals surface area (Å²) in [7, 11) is 0. The first kappa shape index (κ1) is 13.7. The Kier molecular flexibility index (Phi) is 5.44. The Labute approximate surface area is 108 Å². The zero-order chi connectivity index (χ0) is 12.1. The topological polar surface area (TPSA) is 40.5 Å². The number of hydrogen-bond donors (Lipinski definition) is 1. The molecule has 1 aromatic rings. The van der Waals surface area contributed by atoms with Crippen molar-refractivity contribution in [3.05, 3.63) is 20.8 Å². The van der Waals surface area contributed by atoms with Crippen LogP contribution in [0.2, 0.25) is 0 Å². The number of halogens is 1. The van der Waals surface area contributed by atoms with Gasteiger partial charge in [0.15, 0.2) is 0 Å². The largest absolute Gasteiger partial charge is 0.480 e. The summed E-state index contributed by atoms with van der Waals surface area (Å²) in [5, 5.41) is 8.86. The Morgan fingerprint density at radius 1 is 1.62 bits per heavy atom. The van der Waals surface area contributed by atoms with E-state index in [0.717, 1.165) is 16.8 Å². The van der Waals surface area contributed by atoms with Crippen LogP contribution in [0.1, 0.15) is 31.2 Å². The number of carboxylic acid groups (broad SMARTS) is 1. The maximum absolute atomic E-state index is 10.8. The van der Waals surface area contributed by atoms with Gasteiger partial charge in [-0.15, -0.1) is 11.3 Å². The molecule has 0 fully saturated rings. The molecule has 1 atom stereocenters. The van der Waals surface area contributed by atoms with Gasteiger partial charge in [-0.05, 0) is 48.0 Å². The maximum Gasteiger partial charge on any atom is 0.317 e. The lowest BCUT2D eigenvalue weighted by Gasteiger charge is -2.26. The monoisotopic (exact) mass is 305 g/mol. The average Bonchev–Trinajstić information content (AvgIpc) is 2.62. The predicted molar refractivity (Wildman–Crippen MR) is 69.9 cm³/mol. The van der Waals surface area contributed by atoms with E-state index in [2.05, 4.69) is 29.8 Å². The molecule has 5 heteroatoms. The number of rotatable bonds is 6. The molecule has 1 N–H and O–H groups in total. The molecule has 0 saturated carbocycles. The number of carbonyl (C=O) groups is 1. The van der Waals surface area contributed by atoms with Crippen molar-refractivity contribution in [2.45, 2.75) is 26.3 Å². The van der Waals surface area contributed by atoms with Crippen LogP contribution >= 0.6 is 27.3 Å². The SMILES string of the molecule is CCCN(CC(=O)O)C(C)c1ccc(Br)s1. The van der Waals surface area contributed by atoms with E-state index in [4.69, 9.17) is 5.11 Å². The lowest BCUT2D eigenvalue weighted by Crippen LogP contribution is -2.32. The quantitative estimate of drug-likeness (QED) is 0.876. The molecule has 90 valence electrons. The van der Waals surface area contributed by atoms with Crippen molar-refractivity contribution in [3.63, 3.8) is 0 Å². The molecule has 0 amide bonds. The number of aliphatic carboxylic acids is 1. The third kappa shape index (κ3) is 3.88. The van der Waals surface area contributed by atoms with Gasteiger partial charge in [0.1, 0.15) is 0 Å². The first-order valence-electron chi connectivity index (χ1n) is 5.25. The molecule has 3 nitrogen and oxygen atoms in total. The molecule has 0 saturated heterocycles. The molecular weight excluding hydrogens is 290 g/mol. The minimum absolute atomic E-state index is 0.102. The molecule has 1 rings (SSSR count). The molecule has 0 aliphatic carbocycles. The van der Waals surface area contributed by atoms with Gasteiger partial charge in [-0.1, -0.05) is 6.92 Å². The van der Waals surface area contributed by atoms with Crippen molar-refractivity contribution in [1.82, 2.24) is 4.90 Å². The van der Waals surface area contributed by atoms with Gasteiger partial charge >= 0.3 is 5.97 Å². The van der Waals surface area contributed by atoms with Crippen LogP contribution in [0.15, 0.2) is 15.9 Å². The van der Waals surface area contributed by atoms with Crippen molar-refractivity contribution >= 4 is 33.2 Å². The fourth-order valence-corrected chi connectivity index (χ4v) is 3.11. The van der Waals surface area contributed by atoms with Crippen LogP contribution in [0.25, 0.3) is 0 Å². The average molecular weight is 306 g/mol. The Hall–Kier alpha value is -0.390. The predicted octanol–water partition coefficient (Wildman–Crippen LogP) is 3.37. The second kappa shape index (κ2) is 6.37. The highest BCUT2D eigenvalue weighted by Gasteiger charge is 2.18. The summed E-state index contributed by atoms with van der Waals surface area (Å²) in [6, 6.07) is 4.21. The van der Waals surface area contributed by atoms with E-state index >= 15 is 0 Å². The van der Waals surface area contributed by atoms with Crippen LogP contribution in [0, 0.1) is 0 Å². The van der Waals surface area contributed by atoms with Crippen LogP contribution < -0.4 is 0 Å². The highest BCUT2D eigenvalue weighted by molar-refractivity contribution is 9.11. The van der Waals surface area contributed by atoms with Crippen molar-refractivity contribution < 1.29 is 9.90 Å². The Bertz CT molecular complexity index is 354. The van der Waals surface area contributed by atoms with Gasteiger partial charge < -0.3 is 5.11 Å². The highest BCUT2D eigenvalue weighted by Crippen LogP contribution is 2.30. The molecule has 1 aromatic heterocycles. The van der Waals surface area contributed by atoms with E-state index < -0.39 is 5.97 Å². The Morgan fingerprint density at radius 2 is 2.31 bits per heavy atom. The third-order valence-electron chi connectivity index (χ3n) is 2.40. The van der Waals surface area contributed by atoms with Crippen LogP contribution in [-0.4, -0.2) is 29.1 Å². The van der Waals surface area contributed by atoms with Crippen molar-refractivity contribution in [3.8, 4) is 0 Å².